The summed E-state index contributed by atoms with van der Waals surface area (Å²) in [6.45, 7) is 6.78. The van der Waals surface area contributed by atoms with Crippen LogP contribution >= 0.6 is 0 Å². The highest BCUT2D eigenvalue weighted by molar-refractivity contribution is 5.94. The molecule has 172 valence electrons. The van der Waals surface area contributed by atoms with Crippen LogP contribution in [0.2, 0.25) is 0 Å². The summed E-state index contributed by atoms with van der Waals surface area (Å²) in [6.07, 6.45) is 1.68. The van der Waals surface area contributed by atoms with Gasteiger partial charge in [-0.15, -0.1) is 0 Å². The Morgan fingerprint density at radius 2 is 1.12 bits per heavy atom. The van der Waals surface area contributed by atoms with Crippen molar-refractivity contribution in [3.05, 3.63) is 71.3 Å². The fraction of sp³-hybridized carbons (Fsp3) is 0.417. The Labute approximate surface area is 187 Å². The van der Waals surface area contributed by atoms with E-state index in [1.165, 1.54) is 36.4 Å². The molecule has 0 aromatic heterocycles. The van der Waals surface area contributed by atoms with Crippen molar-refractivity contribution < 1.29 is 18.4 Å². The fourth-order valence-electron chi connectivity index (χ4n) is 3.71. The number of amides is 2. The largest absolute Gasteiger partial charge is 0.352 e. The molecule has 1 heterocycles. The normalized spacial score (nSPS) is 14.8. The summed E-state index contributed by atoms with van der Waals surface area (Å²) in [5, 5.41) is 5.67. The Hall–Kier alpha value is -2.84. The number of piperazine rings is 1. The number of halogens is 2. The maximum atomic E-state index is 13.2. The van der Waals surface area contributed by atoms with Gasteiger partial charge >= 0.3 is 0 Å². The second-order valence-corrected chi connectivity index (χ2v) is 7.92. The predicted molar refractivity (Wildman–Crippen MR) is 120 cm³/mol. The van der Waals surface area contributed by atoms with Crippen LogP contribution in [0.4, 0.5) is 8.78 Å². The number of nitrogens with one attached hydrogen (secondary N) is 2. The number of benzene rings is 2. The van der Waals surface area contributed by atoms with Gasteiger partial charge in [0.1, 0.15) is 11.6 Å². The number of carbonyl (C=O) groups is 2. The maximum absolute atomic E-state index is 13.2. The van der Waals surface area contributed by atoms with Crippen LogP contribution in [0.15, 0.2) is 48.5 Å². The van der Waals surface area contributed by atoms with E-state index in [9.17, 15) is 18.4 Å². The fourth-order valence-corrected chi connectivity index (χ4v) is 3.71. The minimum atomic E-state index is -0.413. The molecule has 1 fully saturated rings. The molecule has 2 N–H and O–H groups in total. The van der Waals surface area contributed by atoms with Crippen LogP contribution in [0, 0.1) is 11.6 Å². The van der Waals surface area contributed by atoms with E-state index >= 15 is 0 Å². The second-order valence-electron chi connectivity index (χ2n) is 7.92. The van der Waals surface area contributed by atoms with Crippen molar-refractivity contribution in [2.45, 2.75) is 12.8 Å². The highest BCUT2D eigenvalue weighted by atomic mass is 19.1. The number of carbonyl (C=O) groups excluding carboxylic acids is 2. The van der Waals surface area contributed by atoms with Crippen LogP contribution in [0.5, 0.6) is 0 Å². The third-order valence-corrected chi connectivity index (χ3v) is 5.51. The molecule has 0 atom stereocenters. The molecule has 2 aromatic rings. The van der Waals surface area contributed by atoms with Crippen LogP contribution in [0.1, 0.15) is 33.6 Å². The lowest BCUT2D eigenvalue weighted by Crippen LogP contribution is -2.47. The van der Waals surface area contributed by atoms with E-state index in [-0.39, 0.29) is 11.8 Å². The molecule has 1 aliphatic rings. The first-order valence-electron chi connectivity index (χ1n) is 11.0. The van der Waals surface area contributed by atoms with Gasteiger partial charge in [0.25, 0.3) is 11.8 Å². The molecule has 8 heteroatoms. The molecule has 2 aromatic carbocycles. The lowest BCUT2D eigenvalue weighted by Gasteiger charge is -2.34. The number of hydrogen-bond acceptors (Lipinski definition) is 4. The van der Waals surface area contributed by atoms with Crippen molar-refractivity contribution in [3.8, 4) is 0 Å². The maximum Gasteiger partial charge on any atom is 0.251 e. The quantitative estimate of drug-likeness (QED) is 0.553. The van der Waals surface area contributed by atoms with E-state index < -0.39 is 11.6 Å². The van der Waals surface area contributed by atoms with Crippen LogP contribution in [-0.2, 0) is 0 Å². The first-order chi connectivity index (χ1) is 15.5. The van der Waals surface area contributed by atoms with Gasteiger partial charge in [0.2, 0.25) is 0 Å². The van der Waals surface area contributed by atoms with Gasteiger partial charge in [0.15, 0.2) is 0 Å². The molecule has 1 aliphatic heterocycles. The van der Waals surface area contributed by atoms with Crippen molar-refractivity contribution in [2.24, 2.45) is 0 Å². The van der Waals surface area contributed by atoms with Crippen molar-refractivity contribution >= 4 is 11.8 Å². The predicted octanol–water partition coefficient (Wildman–Crippen LogP) is 2.52. The van der Waals surface area contributed by atoms with E-state index in [2.05, 4.69) is 20.4 Å². The van der Waals surface area contributed by atoms with E-state index in [0.29, 0.717) is 24.2 Å². The van der Waals surface area contributed by atoms with Crippen LogP contribution in [-0.4, -0.2) is 74.0 Å². The van der Waals surface area contributed by atoms with Gasteiger partial charge in [-0.1, -0.05) is 12.1 Å². The van der Waals surface area contributed by atoms with Gasteiger partial charge in [-0.25, -0.2) is 8.78 Å². The molecule has 32 heavy (non-hydrogen) atoms. The molecule has 1 saturated heterocycles. The third kappa shape index (κ3) is 7.69. The first-order valence-corrected chi connectivity index (χ1v) is 11.0. The van der Waals surface area contributed by atoms with Gasteiger partial charge in [0, 0.05) is 50.4 Å². The van der Waals surface area contributed by atoms with Gasteiger partial charge < -0.3 is 20.4 Å². The third-order valence-electron chi connectivity index (χ3n) is 5.51. The Morgan fingerprint density at radius 1 is 0.719 bits per heavy atom. The zero-order valence-electron chi connectivity index (χ0n) is 18.2. The molecule has 0 aliphatic carbocycles. The van der Waals surface area contributed by atoms with Crippen LogP contribution in [0.3, 0.4) is 0 Å². The molecule has 6 nitrogen and oxygen atoms in total. The average molecular weight is 445 g/mol. The number of hydrogen-bond donors (Lipinski definition) is 2. The summed E-state index contributed by atoms with van der Waals surface area (Å²) >= 11 is 0. The molecule has 0 saturated carbocycles. The van der Waals surface area contributed by atoms with E-state index in [4.69, 9.17) is 0 Å². The standard InChI is InChI=1S/C24H30F2N4O2/c25-21-7-1-5-19(17-21)23(31)27-9-3-11-29-13-15-30(16-14-29)12-4-10-28-24(32)20-6-2-8-22(26)18-20/h1-2,5-8,17-18H,3-4,9-16H2,(H,27,31)(H,28,32). The highest BCUT2D eigenvalue weighted by Gasteiger charge is 2.16. The Bertz CT molecular complexity index is 828. The minimum absolute atomic E-state index is 0.251. The average Bonchev–Trinajstić information content (AvgIpc) is 2.80. The van der Waals surface area contributed by atoms with Crippen molar-refractivity contribution in [1.29, 1.82) is 0 Å². The van der Waals surface area contributed by atoms with Crippen LogP contribution in [0.25, 0.3) is 0 Å². The summed E-state index contributed by atoms with van der Waals surface area (Å²) < 4.78 is 26.4. The molecule has 0 radical (unpaired) electrons. The molecule has 0 bridgehead atoms. The minimum Gasteiger partial charge on any atom is -0.352 e. The van der Waals surface area contributed by atoms with Crippen molar-refractivity contribution in [1.82, 2.24) is 20.4 Å². The van der Waals surface area contributed by atoms with Gasteiger partial charge in [-0.2, -0.15) is 0 Å². The summed E-state index contributed by atoms with van der Waals surface area (Å²) in [5.74, 6) is -1.33. The zero-order chi connectivity index (χ0) is 22.8. The summed E-state index contributed by atoms with van der Waals surface area (Å²) in [6, 6.07) is 11.4. The van der Waals surface area contributed by atoms with Crippen molar-refractivity contribution in [3.63, 3.8) is 0 Å². The summed E-state index contributed by atoms with van der Waals surface area (Å²) in [4.78, 5) is 28.8. The first kappa shape index (κ1) is 23.8. The van der Waals surface area contributed by atoms with E-state index in [1.54, 1.807) is 12.1 Å². The topological polar surface area (TPSA) is 64.7 Å². The SMILES string of the molecule is O=C(NCCCN1CCN(CCCNC(=O)c2cccc(F)c2)CC1)c1cccc(F)c1. The highest BCUT2D eigenvalue weighted by Crippen LogP contribution is 2.06. The Balaban J connectivity index is 1.23. The van der Waals surface area contributed by atoms with Gasteiger partial charge in [-0.05, 0) is 62.3 Å². The molecular weight excluding hydrogens is 414 g/mol. The van der Waals surface area contributed by atoms with E-state index in [0.717, 1.165) is 52.1 Å². The van der Waals surface area contributed by atoms with Gasteiger partial charge in [-0.3, -0.25) is 9.59 Å². The Morgan fingerprint density at radius 3 is 1.50 bits per heavy atom. The van der Waals surface area contributed by atoms with Crippen LogP contribution < -0.4 is 10.6 Å². The molecule has 0 unspecified atom stereocenters. The molecule has 3 rings (SSSR count). The summed E-state index contributed by atoms with van der Waals surface area (Å²) in [5.41, 5.74) is 0.677. The lowest BCUT2D eigenvalue weighted by atomic mass is 10.2. The van der Waals surface area contributed by atoms with Gasteiger partial charge in [0.05, 0.1) is 0 Å². The molecule has 0 spiro atoms. The molecular formula is C24H30F2N4O2. The zero-order valence-corrected chi connectivity index (χ0v) is 18.2. The second kappa shape index (κ2) is 12.3. The Kier molecular flexibility index (Phi) is 9.13. The van der Waals surface area contributed by atoms with E-state index in [1.807, 2.05) is 0 Å². The molecule has 2 amide bonds. The lowest BCUT2D eigenvalue weighted by molar-refractivity contribution is 0.0934. The number of nitrogens with zero attached hydrogens (tertiary/aromatic N) is 2. The smallest absolute Gasteiger partial charge is 0.251 e. The van der Waals surface area contributed by atoms with Crippen molar-refractivity contribution in [2.75, 3.05) is 52.4 Å². The summed E-state index contributed by atoms with van der Waals surface area (Å²) in [7, 11) is 0. The number of rotatable bonds is 10. The monoisotopic (exact) mass is 444 g/mol.